The van der Waals surface area contributed by atoms with Gasteiger partial charge in [0.1, 0.15) is 4.90 Å². The van der Waals surface area contributed by atoms with Crippen molar-refractivity contribution in [1.82, 2.24) is 14.5 Å². The molecule has 1 rings (SSSR count). The minimum atomic E-state index is -3.69. The second kappa shape index (κ2) is 5.49. The number of carboxylic acids is 1. The summed E-state index contributed by atoms with van der Waals surface area (Å²) in [6.45, 7) is 4.90. The van der Waals surface area contributed by atoms with Gasteiger partial charge < -0.3 is 5.11 Å². The van der Waals surface area contributed by atoms with Gasteiger partial charge in [0.2, 0.25) is 10.0 Å². The van der Waals surface area contributed by atoms with E-state index in [1.165, 1.54) is 13.1 Å². The molecule has 0 aliphatic heterocycles. The number of aryl methyl sites for hydroxylation is 1. The van der Waals surface area contributed by atoms with E-state index in [2.05, 4.69) is 10.2 Å². The highest BCUT2D eigenvalue weighted by Crippen LogP contribution is 2.18. The van der Waals surface area contributed by atoms with Crippen molar-refractivity contribution in [2.75, 3.05) is 13.1 Å². The number of H-pyrrole nitrogens is 1. The first-order chi connectivity index (χ1) is 8.30. The molecule has 0 amide bonds. The summed E-state index contributed by atoms with van der Waals surface area (Å²) in [6, 6.07) is 0. The Labute approximate surface area is 106 Å². The number of sulfonamides is 1. The van der Waals surface area contributed by atoms with Crippen LogP contribution in [0.5, 0.6) is 0 Å². The van der Waals surface area contributed by atoms with Crippen molar-refractivity contribution in [3.63, 3.8) is 0 Å². The average molecular weight is 275 g/mol. The summed E-state index contributed by atoms with van der Waals surface area (Å²) < 4.78 is 25.7. The molecule has 1 aromatic rings. The van der Waals surface area contributed by atoms with E-state index in [-0.39, 0.29) is 18.0 Å². The maximum atomic E-state index is 12.3. The number of hydrogen-bond donors (Lipinski definition) is 2. The molecule has 1 atom stereocenters. The molecule has 0 aliphatic rings. The second-order valence-corrected chi connectivity index (χ2v) is 5.96. The van der Waals surface area contributed by atoms with Gasteiger partial charge >= 0.3 is 5.97 Å². The predicted octanol–water partition coefficient (Wildman–Crippen LogP) is 0.449. The highest BCUT2D eigenvalue weighted by Gasteiger charge is 2.28. The number of carboxylic acid groups (broad SMARTS) is 1. The lowest BCUT2D eigenvalue weighted by molar-refractivity contribution is -0.141. The molecule has 18 heavy (non-hydrogen) atoms. The molecule has 1 heterocycles. The van der Waals surface area contributed by atoms with Crippen molar-refractivity contribution < 1.29 is 18.3 Å². The molecule has 102 valence electrons. The lowest BCUT2D eigenvalue weighted by atomic mass is 10.2. The Morgan fingerprint density at radius 1 is 1.61 bits per heavy atom. The van der Waals surface area contributed by atoms with E-state index in [0.29, 0.717) is 5.69 Å². The van der Waals surface area contributed by atoms with Gasteiger partial charge in [-0.3, -0.25) is 9.89 Å². The lowest BCUT2D eigenvalue weighted by Crippen LogP contribution is -2.36. The van der Waals surface area contributed by atoms with Crippen LogP contribution in [0.3, 0.4) is 0 Å². The highest BCUT2D eigenvalue weighted by molar-refractivity contribution is 7.89. The van der Waals surface area contributed by atoms with Crippen LogP contribution < -0.4 is 0 Å². The summed E-state index contributed by atoms with van der Waals surface area (Å²) in [5.74, 6) is -1.78. The quantitative estimate of drug-likeness (QED) is 0.784. The van der Waals surface area contributed by atoms with Crippen LogP contribution in [-0.2, 0) is 14.8 Å². The number of aliphatic carboxylic acids is 1. The van der Waals surface area contributed by atoms with Crippen LogP contribution in [0.15, 0.2) is 11.1 Å². The van der Waals surface area contributed by atoms with Crippen molar-refractivity contribution in [1.29, 1.82) is 0 Å². The number of nitrogens with one attached hydrogen (secondary N) is 1. The monoisotopic (exact) mass is 275 g/mol. The van der Waals surface area contributed by atoms with Crippen LogP contribution in [0, 0.1) is 12.8 Å². The number of rotatable bonds is 6. The Bertz CT molecular complexity index is 523. The van der Waals surface area contributed by atoms with Crippen LogP contribution >= 0.6 is 0 Å². The van der Waals surface area contributed by atoms with E-state index >= 15 is 0 Å². The highest BCUT2D eigenvalue weighted by atomic mass is 32.2. The molecule has 8 heteroatoms. The summed E-state index contributed by atoms with van der Waals surface area (Å²) in [7, 11) is -3.69. The lowest BCUT2D eigenvalue weighted by Gasteiger charge is -2.21. The molecule has 0 fully saturated rings. The Balaban J connectivity index is 3.02. The summed E-state index contributed by atoms with van der Waals surface area (Å²) in [4.78, 5) is 10.9. The van der Waals surface area contributed by atoms with Crippen LogP contribution in [0.2, 0.25) is 0 Å². The van der Waals surface area contributed by atoms with E-state index in [9.17, 15) is 13.2 Å². The molecule has 0 bridgehead atoms. The zero-order valence-electron chi connectivity index (χ0n) is 10.5. The first-order valence-corrected chi connectivity index (χ1v) is 6.97. The van der Waals surface area contributed by atoms with Gasteiger partial charge in [-0.25, -0.2) is 8.42 Å². The number of aromatic amines is 1. The molecule has 1 aromatic heterocycles. The zero-order chi connectivity index (χ0) is 13.9. The SMILES string of the molecule is CCN(CC(C)C(=O)O)S(=O)(=O)c1cn[nH]c1C. The molecule has 0 saturated carbocycles. The Kier molecular flexibility index (Phi) is 4.47. The van der Waals surface area contributed by atoms with Gasteiger partial charge in [-0.1, -0.05) is 13.8 Å². The molecule has 1 unspecified atom stereocenters. The summed E-state index contributed by atoms with van der Waals surface area (Å²) >= 11 is 0. The van der Waals surface area contributed by atoms with Crippen molar-refractivity contribution in [2.24, 2.45) is 5.92 Å². The Hall–Kier alpha value is -1.41. The predicted molar refractivity (Wildman–Crippen MR) is 64.6 cm³/mol. The Morgan fingerprint density at radius 3 is 2.61 bits per heavy atom. The van der Waals surface area contributed by atoms with Crippen LogP contribution in [-0.4, -0.2) is 47.1 Å². The van der Waals surface area contributed by atoms with Crippen LogP contribution in [0.1, 0.15) is 19.5 Å². The van der Waals surface area contributed by atoms with Gasteiger partial charge in [0.15, 0.2) is 0 Å². The van der Waals surface area contributed by atoms with Crippen molar-refractivity contribution in [3.05, 3.63) is 11.9 Å². The van der Waals surface area contributed by atoms with Gasteiger partial charge in [0.05, 0.1) is 17.8 Å². The van der Waals surface area contributed by atoms with Gasteiger partial charge in [0.25, 0.3) is 0 Å². The van der Waals surface area contributed by atoms with Crippen molar-refractivity contribution >= 4 is 16.0 Å². The molecule has 0 spiro atoms. The maximum Gasteiger partial charge on any atom is 0.307 e. The van der Waals surface area contributed by atoms with E-state index in [1.807, 2.05) is 0 Å². The van der Waals surface area contributed by atoms with Gasteiger partial charge in [-0.15, -0.1) is 0 Å². The van der Waals surface area contributed by atoms with Gasteiger partial charge in [-0.05, 0) is 6.92 Å². The number of aromatic nitrogens is 2. The third-order valence-electron chi connectivity index (χ3n) is 2.65. The van der Waals surface area contributed by atoms with E-state index in [4.69, 9.17) is 5.11 Å². The topological polar surface area (TPSA) is 103 Å². The molecule has 0 radical (unpaired) electrons. The molecule has 0 saturated heterocycles. The fraction of sp³-hybridized carbons (Fsp3) is 0.600. The van der Waals surface area contributed by atoms with Crippen molar-refractivity contribution in [2.45, 2.75) is 25.7 Å². The fourth-order valence-electron chi connectivity index (χ4n) is 1.52. The average Bonchev–Trinajstić information content (AvgIpc) is 2.72. The smallest absolute Gasteiger partial charge is 0.307 e. The Morgan fingerprint density at radius 2 is 2.22 bits per heavy atom. The third-order valence-corrected chi connectivity index (χ3v) is 4.71. The summed E-state index contributed by atoms with van der Waals surface area (Å²) in [5.41, 5.74) is 0.441. The number of carbonyl (C=O) groups is 1. The zero-order valence-corrected chi connectivity index (χ0v) is 11.4. The molecule has 2 N–H and O–H groups in total. The van der Waals surface area contributed by atoms with Gasteiger partial charge in [-0.2, -0.15) is 9.40 Å². The van der Waals surface area contributed by atoms with E-state index in [0.717, 1.165) is 4.31 Å². The van der Waals surface area contributed by atoms with E-state index < -0.39 is 21.9 Å². The maximum absolute atomic E-state index is 12.3. The standard InChI is InChI=1S/C10H17N3O4S/c1-4-13(6-7(2)10(14)15)18(16,17)9-5-11-12-8(9)3/h5,7H,4,6H2,1-3H3,(H,11,12)(H,14,15). The summed E-state index contributed by atoms with van der Waals surface area (Å²) in [5, 5.41) is 15.1. The number of nitrogens with zero attached hydrogens (tertiary/aromatic N) is 2. The molecular weight excluding hydrogens is 258 g/mol. The minimum absolute atomic E-state index is 0.0568. The van der Waals surface area contributed by atoms with Gasteiger partial charge in [0, 0.05) is 13.1 Å². The normalized spacial score (nSPS) is 13.8. The van der Waals surface area contributed by atoms with Crippen LogP contribution in [0.4, 0.5) is 0 Å². The van der Waals surface area contributed by atoms with Crippen LogP contribution in [0.25, 0.3) is 0 Å². The van der Waals surface area contributed by atoms with Crippen molar-refractivity contribution in [3.8, 4) is 0 Å². The minimum Gasteiger partial charge on any atom is -0.481 e. The number of hydrogen-bond acceptors (Lipinski definition) is 4. The first-order valence-electron chi connectivity index (χ1n) is 5.53. The first kappa shape index (κ1) is 14.7. The fourth-order valence-corrected chi connectivity index (χ4v) is 3.18. The van der Waals surface area contributed by atoms with E-state index in [1.54, 1.807) is 13.8 Å². The molecule has 0 aliphatic carbocycles. The third kappa shape index (κ3) is 2.88. The molecular formula is C10H17N3O4S. The summed E-state index contributed by atoms with van der Waals surface area (Å²) in [6.07, 6.45) is 1.23. The molecule has 0 aromatic carbocycles. The molecule has 7 nitrogen and oxygen atoms in total. The second-order valence-electron chi connectivity index (χ2n) is 4.05. The largest absolute Gasteiger partial charge is 0.481 e.